The number of rotatable bonds is 1. The van der Waals surface area contributed by atoms with Crippen molar-refractivity contribution in [1.29, 1.82) is 0 Å². The van der Waals surface area contributed by atoms with Crippen LogP contribution in [0.5, 0.6) is 0 Å². The second-order valence-corrected chi connectivity index (χ2v) is 5.41. The van der Waals surface area contributed by atoms with Gasteiger partial charge in [-0.25, -0.2) is 0 Å². The molecule has 0 unspecified atom stereocenters. The first-order valence-corrected chi connectivity index (χ1v) is 7.66. The Balaban J connectivity index is 2.08. The van der Waals surface area contributed by atoms with Crippen molar-refractivity contribution in [1.82, 2.24) is 0 Å². The second kappa shape index (κ2) is 6.98. The van der Waals surface area contributed by atoms with Crippen LogP contribution < -0.4 is 4.90 Å². The fraction of sp³-hybridized carbons (Fsp3) is 0.263. The molecule has 0 saturated carbocycles. The van der Waals surface area contributed by atoms with E-state index in [1.54, 1.807) is 18.2 Å². The Hall–Kier alpha value is -2.45. The van der Waals surface area contributed by atoms with Crippen LogP contribution >= 0.6 is 0 Å². The molecule has 2 aromatic rings. The summed E-state index contributed by atoms with van der Waals surface area (Å²) in [6.45, 7) is 2.12. The molecule has 0 amide bonds. The number of anilines is 1. The van der Waals surface area contributed by atoms with E-state index in [1.807, 2.05) is 23.1 Å². The second-order valence-electron chi connectivity index (χ2n) is 5.41. The van der Waals surface area contributed by atoms with Crippen molar-refractivity contribution >= 4 is 5.69 Å². The van der Waals surface area contributed by atoms with E-state index >= 15 is 0 Å². The predicted octanol–water partition coefficient (Wildman–Crippen LogP) is 3.94. The third-order valence-corrected chi connectivity index (χ3v) is 3.81. The summed E-state index contributed by atoms with van der Waals surface area (Å²) in [7, 11) is 0. The minimum absolute atomic E-state index is 0.0238. The van der Waals surface area contributed by atoms with Crippen LogP contribution in [0.3, 0.4) is 0 Å². The van der Waals surface area contributed by atoms with Gasteiger partial charge in [0.25, 0.3) is 0 Å². The average Bonchev–Trinajstić information content (AvgIpc) is 2.60. The summed E-state index contributed by atoms with van der Waals surface area (Å²) >= 11 is 0. The predicted molar refractivity (Wildman–Crippen MR) is 86.9 cm³/mol. The highest BCUT2D eigenvalue weighted by atomic mass is 19.4. The third kappa shape index (κ3) is 3.72. The molecule has 5 heteroatoms. The largest absolute Gasteiger partial charge is 0.417 e. The molecule has 3 rings (SSSR count). The number of hydrogen-bond acceptors (Lipinski definition) is 2. The molecule has 24 heavy (non-hydrogen) atoms. The van der Waals surface area contributed by atoms with Crippen LogP contribution in [0.15, 0.2) is 48.5 Å². The molecule has 0 N–H and O–H groups in total. The molecule has 0 bridgehead atoms. The fourth-order valence-electron chi connectivity index (χ4n) is 2.63. The zero-order chi connectivity index (χ0) is 17.0. The molecule has 124 valence electrons. The first-order chi connectivity index (χ1) is 11.6. The fourth-order valence-corrected chi connectivity index (χ4v) is 2.63. The van der Waals surface area contributed by atoms with Crippen LogP contribution in [0.1, 0.15) is 16.7 Å². The highest BCUT2D eigenvalue weighted by Gasteiger charge is 2.34. The van der Waals surface area contributed by atoms with E-state index < -0.39 is 11.7 Å². The molecule has 1 aliphatic rings. The molecule has 1 heterocycles. The number of alkyl halides is 3. The molecule has 1 saturated heterocycles. The lowest BCUT2D eigenvalue weighted by Crippen LogP contribution is -2.37. The van der Waals surface area contributed by atoms with Crippen LogP contribution in [-0.2, 0) is 10.9 Å². The lowest BCUT2D eigenvalue weighted by Gasteiger charge is -2.30. The minimum Gasteiger partial charge on any atom is -0.378 e. The van der Waals surface area contributed by atoms with E-state index in [4.69, 9.17) is 4.74 Å². The Labute approximate surface area is 138 Å². The molecule has 0 aliphatic carbocycles. The van der Waals surface area contributed by atoms with E-state index in [1.165, 1.54) is 6.07 Å². The topological polar surface area (TPSA) is 12.5 Å². The van der Waals surface area contributed by atoms with Crippen LogP contribution in [0.4, 0.5) is 18.9 Å². The van der Waals surface area contributed by atoms with Gasteiger partial charge in [0.2, 0.25) is 0 Å². The normalized spacial score (nSPS) is 14.9. The quantitative estimate of drug-likeness (QED) is 0.734. The molecule has 0 aromatic heterocycles. The van der Waals surface area contributed by atoms with Gasteiger partial charge in [0.05, 0.1) is 30.0 Å². The summed E-state index contributed by atoms with van der Waals surface area (Å²) < 4.78 is 45.5. The standard InChI is InChI=1S/C19H16F3NO/c20-19(21,22)17-7-4-8-18(23-11-13-24-14-12-23)16(17)10-9-15-5-2-1-3-6-15/h1-8H,11-14H2. The van der Waals surface area contributed by atoms with Gasteiger partial charge in [0.15, 0.2) is 0 Å². The summed E-state index contributed by atoms with van der Waals surface area (Å²) in [5.41, 5.74) is 0.518. The van der Waals surface area contributed by atoms with Gasteiger partial charge < -0.3 is 9.64 Å². The summed E-state index contributed by atoms with van der Waals surface area (Å²) in [6, 6.07) is 13.2. The lowest BCUT2D eigenvalue weighted by molar-refractivity contribution is -0.137. The van der Waals surface area contributed by atoms with E-state index in [9.17, 15) is 13.2 Å². The summed E-state index contributed by atoms with van der Waals surface area (Å²) in [6.07, 6.45) is -4.44. The van der Waals surface area contributed by atoms with E-state index in [0.29, 0.717) is 37.6 Å². The zero-order valence-corrected chi connectivity index (χ0v) is 12.9. The highest BCUT2D eigenvalue weighted by molar-refractivity contribution is 5.65. The van der Waals surface area contributed by atoms with Crippen molar-refractivity contribution in [3.8, 4) is 11.8 Å². The number of nitrogens with zero attached hydrogens (tertiary/aromatic N) is 1. The highest BCUT2D eigenvalue weighted by Crippen LogP contribution is 2.36. The third-order valence-electron chi connectivity index (χ3n) is 3.81. The van der Waals surface area contributed by atoms with Crippen LogP contribution in [0.2, 0.25) is 0 Å². The van der Waals surface area contributed by atoms with Crippen LogP contribution in [-0.4, -0.2) is 26.3 Å². The molecule has 0 spiro atoms. The number of ether oxygens (including phenoxy) is 1. The maximum atomic E-state index is 13.4. The van der Waals surface area contributed by atoms with Gasteiger partial charge in [-0.2, -0.15) is 13.2 Å². The number of hydrogen-bond donors (Lipinski definition) is 0. The summed E-state index contributed by atoms with van der Waals surface area (Å²) in [5.74, 6) is 5.59. The first kappa shape index (κ1) is 16.4. The zero-order valence-electron chi connectivity index (χ0n) is 12.9. The van der Waals surface area contributed by atoms with Crippen molar-refractivity contribution in [2.45, 2.75) is 6.18 Å². The molecule has 0 atom stereocenters. The molecular weight excluding hydrogens is 315 g/mol. The number of halogens is 3. The smallest absolute Gasteiger partial charge is 0.378 e. The maximum Gasteiger partial charge on any atom is 0.417 e. The Bertz CT molecular complexity index is 754. The molecular formula is C19H16F3NO. The SMILES string of the molecule is FC(F)(F)c1cccc(N2CCOCC2)c1C#Cc1ccccc1. The van der Waals surface area contributed by atoms with Crippen LogP contribution in [0, 0.1) is 11.8 Å². The summed E-state index contributed by atoms with van der Waals surface area (Å²) in [5, 5.41) is 0. The summed E-state index contributed by atoms with van der Waals surface area (Å²) in [4.78, 5) is 1.90. The number of morpholine rings is 1. The Morgan fingerprint density at radius 3 is 2.25 bits per heavy atom. The van der Waals surface area contributed by atoms with Gasteiger partial charge in [-0.1, -0.05) is 36.1 Å². The monoisotopic (exact) mass is 331 g/mol. The van der Waals surface area contributed by atoms with Gasteiger partial charge in [0, 0.05) is 18.7 Å². The molecule has 2 aromatic carbocycles. The van der Waals surface area contributed by atoms with Gasteiger partial charge in [-0.05, 0) is 24.3 Å². The molecule has 0 radical (unpaired) electrons. The Morgan fingerprint density at radius 2 is 1.58 bits per heavy atom. The average molecular weight is 331 g/mol. The maximum absolute atomic E-state index is 13.4. The molecule has 2 nitrogen and oxygen atoms in total. The van der Waals surface area contributed by atoms with Crippen molar-refractivity contribution in [3.63, 3.8) is 0 Å². The van der Waals surface area contributed by atoms with E-state index in [0.717, 1.165) is 6.07 Å². The molecule has 1 aliphatic heterocycles. The minimum atomic E-state index is -4.44. The Morgan fingerprint density at radius 1 is 0.875 bits per heavy atom. The van der Waals surface area contributed by atoms with Gasteiger partial charge in [-0.3, -0.25) is 0 Å². The lowest BCUT2D eigenvalue weighted by atomic mass is 10.0. The molecule has 1 fully saturated rings. The Kier molecular flexibility index (Phi) is 4.77. The van der Waals surface area contributed by atoms with Crippen molar-refractivity contribution in [3.05, 3.63) is 65.2 Å². The van der Waals surface area contributed by atoms with Gasteiger partial charge in [0.1, 0.15) is 0 Å². The number of benzene rings is 2. The van der Waals surface area contributed by atoms with Gasteiger partial charge in [-0.15, -0.1) is 0 Å². The van der Waals surface area contributed by atoms with Crippen molar-refractivity contribution in [2.75, 3.05) is 31.2 Å². The van der Waals surface area contributed by atoms with Gasteiger partial charge >= 0.3 is 6.18 Å². The van der Waals surface area contributed by atoms with Crippen molar-refractivity contribution in [2.24, 2.45) is 0 Å². The first-order valence-electron chi connectivity index (χ1n) is 7.66. The van der Waals surface area contributed by atoms with E-state index in [-0.39, 0.29) is 5.56 Å². The van der Waals surface area contributed by atoms with Crippen LogP contribution in [0.25, 0.3) is 0 Å². The van der Waals surface area contributed by atoms with Crippen molar-refractivity contribution < 1.29 is 17.9 Å². The van der Waals surface area contributed by atoms with E-state index in [2.05, 4.69) is 11.8 Å².